The second kappa shape index (κ2) is 6.52. The van der Waals surface area contributed by atoms with Crippen molar-refractivity contribution in [2.45, 2.75) is 12.8 Å². The van der Waals surface area contributed by atoms with Crippen LogP contribution in [-0.2, 0) is 0 Å². The van der Waals surface area contributed by atoms with Crippen LogP contribution in [0.5, 0.6) is 11.5 Å². The highest BCUT2D eigenvalue weighted by molar-refractivity contribution is 6.19. The monoisotopic (exact) mass is 376 g/mol. The third-order valence-electron chi connectivity index (χ3n) is 5.90. The highest BCUT2D eigenvalue weighted by Crippen LogP contribution is 2.45. The molecule has 140 valence electrons. The number of ether oxygens (including phenoxy) is 2. The van der Waals surface area contributed by atoms with E-state index in [-0.39, 0.29) is 6.79 Å². The summed E-state index contributed by atoms with van der Waals surface area (Å²) in [5.41, 5.74) is 4.96. The molecule has 4 aromatic carbocycles. The maximum atomic E-state index is 5.99. The summed E-state index contributed by atoms with van der Waals surface area (Å²) >= 11 is 0. The van der Waals surface area contributed by atoms with E-state index in [1.165, 1.54) is 33.0 Å². The predicted octanol–water partition coefficient (Wildman–Crippen LogP) is 7.12. The summed E-state index contributed by atoms with van der Waals surface area (Å²) in [6.45, 7) is 0.228. The topological polar surface area (TPSA) is 18.5 Å². The van der Waals surface area contributed by atoms with Crippen LogP contribution in [0.4, 0.5) is 0 Å². The van der Waals surface area contributed by atoms with Crippen molar-refractivity contribution in [2.75, 3.05) is 6.79 Å². The van der Waals surface area contributed by atoms with Gasteiger partial charge < -0.3 is 9.47 Å². The van der Waals surface area contributed by atoms with E-state index in [1.54, 1.807) is 0 Å². The fourth-order valence-electron chi connectivity index (χ4n) is 4.56. The Bertz CT molecular complexity index is 1310. The Morgan fingerprint density at radius 1 is 0.621 bits per heavy atom. The lowest BCUT2D eigenvalue weighted by atomic mass is 9.89. The normalized spacial score (nSPS) is 15.1. The van der Waals surface area contributed by atoms with Gasteiger partial charge in [-0.2, -0.15) is 0 Å². The zero-order valence-corrected chi connectivity index (χ0v) is 16.0. The zero-order valence-electron chi connectivity index (χ0n) is 16.0. The Morgan fingerprint density at radius 3 is 2.00 bits per heavy atom. The SMILES string of the molecule is C1=CC(c2ccc3c4c2ccc2c(-c5ccccc5)ccc(c24)OCO3)=CCC1. The van der Waals surface area contributed by atoms with Crippen LogP contribution in [0.15, 0.2) is 85.0 Å². The number of benzene rings is 4. The molecule has 0 radical (unpaired) electrons. The van der Waals surface area contributed by atoms with Crippen molar-refractivity contribution in [1.82, 2.24) is 0 Å². The Balaban J connectivity index is 1.73. The van der Waals surface area contributed by atoms with Gasteiger partial charge in [0, 0.05) is 10.8 Å². The summed E-state index contributed by atoms with van der Waals surface area (Å²) < 4.78 is 12.0. The highest BCUT2D eigenvalue weighted by atomic mass is 16.7. The van der Waals surface area contributed by atoms with Crippen LogP contribution in [-0.4, -0.2) is 6.79 Å². The molecule has 0 bridgehead atoms. The van der Waals surface area contributed by atoms with Crippen LogP contribution < -0.4 is 9.47 Å². The molecule has 0 atom stereocenters. The van der Waals surface area contributed by atoms with Crippen molar-refractivity contribution in [3.8, 4) is 22.6 Å². The third-order valence-corrected chi connectivity index (χ3v) is 5.90. The molecule has 1 aliphatic heterocycles. The molecule has 0 fully saturated rings. The van der Waals surface area contributed by atoms with Gasteiger partial charge in [0.1, 0.15) is 11.5 Å². The molecular weight excluding hydrogens is 356 g/mol. The van der Waals surface area contributed by atoms with E-state index in [1.807, 2.05) is 0 Å². The molecule has 2 heteroatoms. The first kappa shape index (κ1) is 16.4. The molecule has 6 rings (SSSR count). The largest absolute Gasteiger partial charge is 0.457 e. The molecular formula is C27H20O2. The molecule has 0 spiro atoms. The average molecular weight is 376 g/mol. The molecule has 0 saturated carbocycles. The lowest BCUT2D eigenvalue weighted by Gasteiger charge is -2.16. The summed E-state index contributed by atoms with van der Waals surface area (Å²) in [4.78, 5) is 0. The van der Waals surface area contributed by atoms with Crippen molar-refractivity contribution in [2.24, 2.45) is 0 Å². The Morgan fingerprint density at radius 2 is 1.31 bits per heavy atom. The van der Waals surface area contributed by atoms with Crippen molar-refractivity contribution in [3.63, 3.8) is 0 Å². The second-order valence-electron chi connectivity index (χ2n) is 7.54. The van der Waals surface area contributed by atoms with Crippen LogP contribution in [0.2, 0.25) is 0 Å². The molecule has 0 aromatic heterocycles. The van der Waals surface area contributed by atoms with Crippen LogP contribution in [0.25, 0.3) is 38.2 Å². The van der Waals surface area contributed by atoms with Gasteiger partial charge in [-0.1, -0.05) is 72.8 Å². The molecule has 2 nitrogen and oxygen atoms in total. The minimum absolute atomic E-state index is 0.228. The van der Waals surface area contributed by atoms with Crippen molar-refractivity contribution >= 4 is 27.1 Å². The van der Waals surface area contributed by atoms with Crippen molar-refractivity contribution in [1.29, 1.82) is 0 Å². The van der Waals surface area contributed by atoms with Crippen LogP contribution >= 0.6 is 0 Å². The van der Waals surface area contributed by atoms with E-state index >= 15 is 0 Å². The maximum absolute atomic E-state index is 5.99. The molecule has 2 aliphatic rings. The third kappa shape index (κ3) is 2.56. The Hall–Kier alpha value is -3.52. The van der Waals surface area contributed by atoms with E-state index in [9.17, 15) is 0 Å². The lowest BCUT2D eigenvalue weighted by Crippen LogP contribution is -2.03. The first-order valence-electron chi connectivity index (χ1n) is 10.1. The minimum atomic E-state index is 0.228. The minimum Gasteiger partial charge on any atom is -0.457 e. The van der Waals surface area contributed by atoms with Gasteiger partial charge >= 0.3 is 0 Å². The summed E-state index contributed by atoms with van der Waals surface area (Å²) in [7, 11) is 0. The quantitative estimate of drug-likeness (QED) is 0.347. The predicted molar refractivity (Wildman–Crippen MR) is 119 cm³/mol. The fraction of sp³-hybridized carbons (Fsp3) is 0.111. The standard InChI is InChI=1S/C27H20O2/c1-3-7-18(8-4-1)20-13-15-24-26-22(20)11-12-23-21(19-9-5-2-6-10-19)14-16-25(27(23)26)29-17-28-24/h1,3-5,7-16H,2,6,17H2. The van der Waals surface area contributed by atoms with E-state index < -0.39 is 0 Å². The molecule has 1 aliphatic carbocycles. The molecule has 29 heavy (non-hydrogen) atoms. The van der Waals surface area contributed by atoms with E-state index in [0.717, 1.165) is 35.1 Å². The molecule has 0 amide bonds. The fourth-order valence-corrected chi connectivity index (χ4v) is 4.56. The number of hydrogen-bond donors (Lipinski definition) is 0. The van der Waals surface area contributed by atoms with Crippen molar-refractivity contribution < 1.29 is 9.47 Å². The van der Waals surface area contributed by atoms with Gasteiger partial charge in [-0.3, -0.25) is 0 Å². The van der Waals surface area contributed by atoms with E-state index in [4.69, 9.17) is 9.47 Å². The van der Waals surface area contributed by atoms with Gasteiger partial charge in [0.15, 0.2) is 0 Å². The number of allylic oxidation sites excluding steroid dienone is 4. The van der Waals surface area contributed by atoms with E-state index in [2.05, 4.69) is 85.0 Å². The van der Waals surface area contributed by atoms with Gasteiger partial charge in [0.05, 0.1) is 0 Å². The van der Waals surface area contributed by atoms with Crippen LogP contribution in [0.3, 0.4) is 0 Å². The van der Waals surface area contributed by atoms with Gasteiger partial charge in [-0.15, -0.1) is 0 Å². The van der Waals surface area contributed by atoms with Crippen LogP contribution in [0.1, 0.15) is 18.4 Å². The van der Waals surface area contributed by atoms with Crippen molar-refractivity contribution in [3.05, 3.63) is 90.5 Å². The molecule has 0 N–H and O–H groups in total. The van der Waals surface area contributed by atoms with Gasteiger partial charge in [0.2, 0.25) is 6.79 Å². The molecule has 0 unspecified atom stereocenters. The first-order chi connectivity index (χ1) is 14.4. The van der Waals surface area contributed by atoms with Gasteiger partial charge in [-0.05, 0) is 58.0 Å². The lowest BCUT2D eigenvalue weighted by molar-refractivity contribution is 0.125. The summed E-state index contributed by atoms with van der Waals surface area (Å²) in [6.07, 6.45) is 9.03. The average Bonchev–Trinajstić information content (AvgIpc) is 2.99. The Kier molecular flexibility index (Phi) is 3.70. The number of rotatable bonds is 2. The summed E-state index contributed by atoms with van der Waals surface area (Å²) in [5, 5.41) is 4.69. The smallest absolute Gasteiger partial charge is 0.230 e. The molecule has 0 saturated heterocycles. The molecule has 1 heterocycles. The van der Waals surface area contributed by atoms with E-state index in [0.29, 0.717) is 0 Å². The first-order valence-corrected chi connectivity index (χ1v) is 10.1. The summed E-state index contributed by atoms with van der Waals surface area (Å²) in [6, 6.07) is 23.5. The Labute approximate surface area is 169 Å². The van der Waals surface area contributed by atoms with Crippen LogP contribution in [0, 0.1) is 0 Å². The number of hydrogen-bond acceptors (Lipinski definition) is 2. The van der Waals surface area contributed by atoms with Gasteiger partial charge in [-0.25, -0.2) is 0 Å². The highest BCUT2D eigenvalue weighted by Gasteiger charge is 2.20. The van der Waals surface area contributed by atoms with Gasteiger partial charge in [0.25, 0.3) is 0 Å². The second-order valence-corrected chi connectivity index (χ2v) is 7.54. The summed E-state index contributed by atoms with van der Waals surface area (Å²) in [5.74, 6) is 1.77. The maximum Gasteiger partial charge on any atom is 0.230 e. The zero-order chi connectivity index (χ0) is 19.2. The molecule has 4 aromatic rings.